The van der Waals surface area contributed by atoms with Crippen molar-refractivity contribution in [2.45, 2.75) is 79.6 Å². The molecule has 0 aliphatic rings. The van der Waals surface area contributed by atoms with Crippen LogP contribution in [0.2, 0.25) is 0 Å². The molecule has 90 heavy (non-hydrogen) atoms. The van der Waals surface area contributed by atoms with Gasteiger partial charge in [-0.1, -0.05) is 261 Å². The van der Waals surface area contributed by atoms with Gasteiger partial charge in [0.15, 0.2) is 5.82 Å². The van der Waals surface area contributed by atoms with Crippen LogP contribution >= 0.6 is 0 Å². The van der Waals surface area contributed by atoms with Crippen LogP contribution in [0.5, 0.6) is 0 Å². The van der Waals surface area contributed by atoms with Crippen molar-refractivity contribution in [3.05, 3.63) is 314 Å². The molecule has 0 radical (unpaired) electrons. The maximum Gasteiger partial charge on any atom is 0.159 e. The summed E-state index contributed by atoms with van der Waals surface area (Å²) in [5.74, 6) is 1.64. The molecule has 0 amide bonds. The second kappa shape index (κ2) is 28.6. The Kier molecular flexibility index (Phi) is 19.0. The molecule has 2 aromatic heterocycles. The summed E-state index contributed by atoms with van der Waals surface area (Å²) < 4.78 is 0. The number of nitrogens with zero attached hydrogens (tertiary/aromatic N) is 4. The Hall–Kier alpha value is -10.4. The minimum atomic E-state index is 0.706. The highest BCUT2D eigenvalue weighted by molar-refractivity contribution is 5.86. The largest absolute Gasteiger partial charge is 0.241 e. The number of benzene rings is 11. The summed E-state index contributed by atoms with van der Waals surface area (Å²) in [6, 6.07) is 94.0. The van der Waals surface area contributed by atoms with E-state index < -0.39 is 0 Å². The maximum atomic E-state index is 4.83. The van der Waals surface area contributed by atoms with Gasteiger partial charge in [0, 0.05) is 47.9 Å². The fraction of sp³-hybridized carbons (Fsp3) is 0.140. The van der Waals surface area contributed by atoms with E-state index in [1.54, 1.807) is 0 Å². The van der Waals surface area contributed by atoms with Gasteiger partial charge in [-0.3, -0.25) is 0 Å². The molecule has 0 aliphatic heterocycles. The summed E-state index contributed by atoms with van der Waals surface area (Å²) in [4.78, 5) is 19.3. The standard InChI is InChI=1S/C44H44N2.C42H32N2/c1-4-5-6-7-8-9-16-44-45-30-43(31-46-44)42-28-40(38-14-10-12-36(25-38)34-21-17-32(2)18-22-34)27-41(29-42)39-15-11-13-37(26-39)35-23-19-33(3)20-24-35;1-29-10-6-14-32(20-29)34-16-8-18-36(22-34)38-24-39(37-19-9-17-35(23-37)33-15-7-11-30(2)21-33)26-40(25-38)42-43-27-41(28-44-42)31-12-4-3-5-13-31/h10-15,17-31H,4-9,16H2,1-3H3;3-28H,1-2H3. The van der Waals surface area contributed by atoms with E-state index in [-0.39, 0.29) is 0 Å². The normalized spacial score (nSPS) is 11.0. The average Bonchev–Trinajstić information content (AvgIpc) is 1.15. The number of rotatable bonds is 18. The lowest BCUT2D eigenvalue weighted by Crippen LogP contribution is -1.96. The van der Waals surface area contributed by atoms with Crippen molar-refractivity contribution in [1.82, 2.24) is 19.9 Å². The summed E-state index contributed by atoms with van der Waals surface area (Å²) >= 11 is 0. The van der Waals surface area contributed by atoms with Gasteiger partial charge in [0.25, 0.3) is 0 Å². The van der Waals surface area contributed by atoms with Crippen LogP contribution in [0.15, 0.2) is 286 Å². The molecule has 0 spiro atoms. The van der Waals surface area contributed by atoms with Crippen LogP contribution in [-0.4, -0.2) is 19.9 Å². The van der Waals surface area contributed by atoms with Gasteiger partial charge in [-0.05, 0) is 195 Å². The number of unbranched alkanes of at least 4 members (excludes halogenated alkanes) is 5. The molecule has 0 N–H and O–H groups in total. The number of aryl methyl sites for hydroxylation is 5. The molecule has 0 bridgehead atoms. The van der Waals surface area contributed by atoms with Gasteiger partial charge < -0.3 is 0 Å². The van der Waals surface area contributed by atoms with Crippen molar-refractivity contribution < 1.29 is 0 Å². The van der Waals surface area contributed by atoms with Crippen molar-refractivity contribution in [3.63, 3.8) is 0 Å². The summed E-state index contributed by atoms with van der Waals surface area (Å²) in [7, 11) is 0. The third kappa shape index (κ3) is 15.1. The van der Waals surface area contributed by atoms with Crippen LogP contribution in [0.4, 0.5) is 0 Å². The Morgan fingerprint density at radius 3 is 0.911 bits per heavy atom. The molecule has 4 nitrogen and oxygen atoms in total. The Bertz CT molecular complexity index is 4310. The molecule has 0 fully saturated rings. The molecular formula is C86H76N4. The molecule has 0 atom stereocenters. The van der Waals surface area contributed by atoms with Crippen molar-refractivity contribution in [1.29, 1.82) is 0 Å². The highest BCUT2D eigenvalue weighted by atomic mass is 14.9. The second-order valence-electron chi connectivity index (χ2n) is 24.0. The zero-order valence-corrected chi connectivity index (χ0v) is 52.4. The second-order valence-corrected chi connectivity index (χ2v) is 24.0. The van der Waals surface area contributed by atoms with Gasteiger partial charge >= 0.3 is 0 Å². The van der Waals surface area contributed by atoms with Crippen LogP contribution < -0.4 is 0 Å². The first-order valence-corrected chi connectivity index (χ1v) is 31.8. The quantitative estimate of drug-likeness (QED) is 0.0804. The van der Waals surface area contributed by atoms with Crippen LogP contribution in [0.1, 0.15) is 73.5 Å². The fourth-order valence-electron chi connectivity index (χ4n) is 11.8. The first kappa shape index (κ1) is 59.9. The lowest BCUT2D eigenvalue weighted by atomic mass is 9.91. The maximum absolute atomic E-state index is 4.83. The Morgan fingerprint density at radius 2 is 0.500 bits per heavy atom. The monoisotopic (exact) mass is 1160 g/mol. The van der Waals surface area contributed by atoms with E-state index in [1.807, 2.05) is 43.0 Å². The van der Waals surface area contributed by atoms with Gasteiger partial charge in [0.2, 0.25) is 0 Å². The molecule has 13 aromatic rings. The Labute approximate surface area is 532 Å². The molecule has 440 valence electrons. The van der Waals surface area contributed by atoms with Crippen LogP contribution in [0, 0.1) is 27.7 Å². The number of aromatic nitrogens is 4. The van der Waals surface area contributed by atoms with Crippen molar-refractivity contribution >= 4 is 0 Å². The average molecular weight is 1170 g/mol. The molecule has 11 aromatic carbocycles. The smallest absolute Gasteiger partial charge is 0.159 e. The van der Waals surface area contributed by atoms with Gasteiger partial charge in [0.1, 0.15) is 5.82 Å². The number of hydrogen-bond donors (Lipinski definition) is 0. The zero-order chi connectivity index (χ0) is 61.6. The molecule has 4 heteroatoms. The molecular weight excluding hydrogens is 1090 g/mol. The minimum Gasteiger partial charge on any atom is -0.241 e. The van der Waals surface area contributed by atoms with E-state index >= 15 is 0 Å². The first-order valence-electron chi connectivity index (χ1n) is 31.8. The molecule has 2 heterocycles. The third-order valence-corrected chi connectivity index (χ3v) is 16.9. The van der Waals surface area contributed by atoms with Gasteiger partial charge in [-0.25, -0.2) is 19.9 Å². The van der Waals surface area contributed by atoms with Crippen LogP contribution in [0.3, 0.4) is 0 Å². The summed E-state index contributed by atoms with van der Waals surface area (Å²) in [5.41, 5.74) is 29.3. The highest BCUT2D eigenvalue weighted by Gasteiger charge is 2.15. The van der Waals surface area contributed by atoms with E-state index in [1.165, 1.54) is 121 Å². The lowest BCUT2D eigenvalue weighted by molar-refractivity contribution is 0.601. The predicted molar refractivity (Wildman–Crippen MR) is 380 cm³/mol. The van der Waals surface area contributed by atoms with Crippen molar-refractivity contribution in [3.8, 4) is 123 Å². The van der Waals surface area contributed by atoms with Gasteiger partial charge in [0.05, 0.1) is 0 Å². The molecule has 0 aliphatic carbocycles. The third-order valence-electron chi connectivity index (χ3n) is 16.9. The van der Waals surface area contributed by atoms with E-state index in [0.717, 1.165) is 68.7 Å². The van der Waals surface area contributed by atoms with Crippen molar-refractivity contribution in [2.75, 3.05) is 0 Å². The van der Waals surface area contributed by atoms with Crippen LogP contribution in [-0.2, 0) is 6.42 Å². The topological polar surface area (TPSA) is 51.6 Å². The minimum absolute atomic E-state index is 0.706. The Balaban J connectivity index is 0.000000175. The molecule has 13 rings (SSSR count). The summed E-state index contributed by atoms with van der Waals surface area (Å²) in [6.07, 6.45) is 16.4. The van der Waals surface area contributed by atoms with E-state index in [9.17, 15) is 0 Å². The lowest BCUT2D eigenvalue weighted by Gasteiger charge is -2.13. The summed E-state index contributed by atoms with van der Waals surface area (Å²) in [5, 5.41) is 0. The highest BCUT2D eigenvalue weighted by Crippen LogP contribution is 2.38. The molecule has 0 saturated carbocycles. The van der Waals surface area contributed by atoms with Gasteiger partial charge in [-0.2, -0.15) is 0 Å². The van der Waals surface area contributed by atoms with Crippen molar-refractivity contribution in [2.24, 2.45) is 0 Å². The zero-order valence-electron chi connectivity index (χ0n) is 52.4. The van der Waals surface area contributed by atoms with Gasteiger partial charge in [-0.15, -0.1) is 0 Å². The van der Waals surface area contributed by atoms with E-state index in [4.69, 9.17) is 19.9 Å². The predicted octanol–water partition coefficient (Wildman–Crippen LogP) is 23.4. The SMILES string of the molecule is CCCCCCCCc1ncc(-c2cc(-c3cccc(-c4ccc(C)cc4)c3)cc(-c3cccc(-c4ccc(C)cc4)c3)c2)cn1.Cc1cccc(-c2cccc(-c3cc(-c4cccc(-c5cccc(C)c5)c4)cc(-c4ncc(-c5ccccc5)cn4)c3)c2)c1. The van der Waals surface area contributed by atoms with E-state index in [2.05, 4.69) is 277 Å². The molecule has 0 saturated heterocycles. The first-order chi connectivity index (χ1) is 44.1. The molecule has 0 unspecified atom stereocenters. The van der Waals surface area contributed by atoms with Crippen LogP contribution in [0.25, 0.3) is 123 Å². The fourth-order valence-corrected chi connectivity index (χ4v) is 11.8. The van der Waals surface area contributed by atoms with E-state index in [0.29, 0.717) is 5.82 Å². The Morgan fingerprint density at radius 1 is 0.211 bits per heavy atom. The number of hydrogen-bond acceptors (Lipinski definition) is 4. The summed E-state index contributed by atoms with van der Waals surface area (Å²) in [6.45, 7) is 10.8.